The second kappa shape index (κ2) is 4.67. The van der Waals surface area contributed by atoms with E-state index in [4.69, 9.17) is 10.5 Å². The third-order valence-electron chi connectivity index (χ3n) is 3.10. The molecule has 0 aliphatic heterocycles. The molecule has 0 saturated heterocycles. The quantitative estimate of drug-likeness (QED) is 0.836. The SMILES string of the molecule is CC(C)(C)CCOC(=O)c1cc(N)cn1C1CC1. The number of hydrogen-bond acceptors (Lipinski definition) is 3. The van der Waals surface area contributed by atoms with Crippen LogP contribution in [-0.2, 0) is 4.74 Å². The molecule has 100 valence electrons. The Balaban J connectivity index is 1.96. The molecule has 4 nitrogen and oxygen atoms in total. The number of anilines is 1. The molecule has 2 N–H and O–H groups in total. The fourth-order valence-corrected chi connectivity index (χ4v) is 1.84. The molecular formula is C14H22N2O2. The van der Waals surface area contributed by atoms with E-state index >= 15 is 0 Å². The summed E-state index contributed by atoms with van der Waals surface area (Å²) in [5.41, 5.74) is 7.15. The Morgan fingerprint density at radius 2 is 2.17 bits per heavy atom. The molecule has 1 saturated carbocycles. The van der Waals surface area contributed by atoms with Gasteiger partial charge in [0, 0.05) is 12.2 Å². The first-order valence-electron chi connectivity index (χ1n) is 6.51. The molecule has 1 aromatic rings. The standard InChI is InChI=1S/C14H22N2O2/c1-14(2,3)6-7-18-13(17)12-8-10(15)9-16(12)11-4-5-11/h8-9,11H,4-7,15H2,1-3H3. The highest BCUT2D eigenvalue weighted by Crippen LogP contribution is 2.37. The van der Waals surface area contributed by atoms with Crippen molar-refractivity contribution in [2.24, 2.45) is 5.41 Å². The van der Waals surface area contributed by atoms with E-state index in [1.54, 1.807) is 6.07 Å². The fourth-order valence-electron chi connectivity index (χ4n) is 1.84. The highest BCUT2D eigenvalue weighted by atomic mass is 16.5. The summed E-state index contributed by atoms with van der Waals surface area (Å²) in [7, 11) is 0. The Bertz CT molecular complexity index is 439. The number of rotatable bonds is 4. The van der Waals surface area contributed by atoms with Crippen molar-refractivity contribution in [1.82, 2.24) is 4.57 Å². The van der Waals surface area contributed by atoms with Crippen molar-refractivity contribution in [3.8, 4) is 0 Å². The van der Waals surface area contributed by atoms with Crippen LogP contribution in [0.4, 0.5) is 5.69 Å². The van der Waals surface area contributed by atoms with Crippen molar-refractivity contribution in [3.05, 3.63) is 18.0 Å². The molecule has 1 aliphatic rings. The van der Waals surface area contributed by atoms with Crippen molar-refractivity contribution < 1.29 is 9.53 Å². The minimum absolute atomic E-state index is 0.178. The number of carbonyl (C=O) groups excluding carboxylic acids is 1. The number of nitrogen functional groups attached to an aromatic ring is 1. The van der Waals surface area contributed by atoms with Gasteiger partial charge in [0.05, 0.1) is 12.3 Å². The average Bonchev–Trinajstić information content (AvgIpc) is 3.00. The monoisotopic (exact) mass is 250 g/mol. The largest absolute Gasteiger partial charge is 0.461 e. The van der Waals surface area contributed by atoms with Crippen molar-refractivity contribution >= 4 is 11.7 Å². The summed E-state index contributed by atoms with van der Waals surface area (Å²) in [5.74, 6) is -0.261. The van der Waals surface area contributed by atoms with E-state index < -0.39 is 0 Å². The zero-order valence-corrected chi connectivity index (χ0v) is 11.4. The van der Waals surface area contributed by atoms with Gasteiger partial charge in [-0.3, -0.25) is 0 Å². The summed E-state index contributed by atoms with van der Waals surface area (Å²) in [4.78, 5) is 12.0. The van der Waals surface area contributed by atoms with Gasteiger partial charge in [0.1, 0.15) is 5.69 Å². The predicted octanol–water partition coefficient (Wildman–Crippen LogP) is 3.00. The van der Waals surface area contributed by atoms with Crippen LogP contribution in [0.3, 0.4) is 0 Å². The molecule has 1 aliphatic carbocycles. The third kappa shape index (κ3) is 3.28. The van der Waals surface area contributed by atoms with Gasteiger partial charge in [0.15, 0.2) is 0 Å². The van der Waals surface area contributed by atoms with E-state index in [0.29, 0.717) is 24.0 Å². The maximum atomic E-state index is 12.0. The number of hydrogen-bond donors (Lipinski definition) is 1. The molecule has 1 aromatic heterocycles. The average molecular weight is 250 g/mol. The molecule has 0 aromatic carbocycles. The van der Waals surface area contributed by atoms with Gasteiger partial charge < -0.3 is 15.0 Å². The molecule has 18 heavy (non-hydrogen) atoms. The molecule has 0 atom stereocenters. The number of ether oxygens (including phenoxy) is 1. The first-order chi connectivity index (χ1) is 8.37. The van der Waals surface area contributed by atoms with Crippen LogP contribution < -0.4 is 5.73 Å². The Morgan fingerprint density at radius 3 is 2.72 bits per heavy atom. The lowest BCUT2D eigenvalue weighted by Gasteiger charge is -2.17. The van der Waals surface area contributed by atoms with Gasteiger partial charge >= 0.3 is 5.97 Å². The van der Waals surface area contributed by atoms with Gasteiger partial charge in [-0.05, 0) is 30.7 Å². The van der Waals surface area contributed by atoms with Gasteiger partial charge in [-0.2, -0.15) is 0 Å². The zero-order valence-electron chi connectivity index (χ0n) is 11.4. The molecule has 0 radical (unpaired) electrons. The topological polar surface area (TPSA) is 57.2 Å². The van der Waals surface area contributed by atoms with Crippen LogP contribution in [0.2, 0.25) is 0 Å². The number of nitrogens with zero attached hydrogens (tertiary/aromatic N) is 1. The van der Waals surface area contributed by atoms with Crippen molar-refractivity contribution in [1.29, 1.82) is 0 Å². The summed E-state index contributed by atoms with van der Waals surface area (Å²) in [6, 6.07) is 2.14. The van der Waals surface area contributed by atoms with Crippen LogP contribution in [0.1, 0.15) is 56.6 Å². The lowest BCUT2D eigenvalue weighted by atomic mass is 9.93. The van der Waals surface area contributed by atoms with Gasteiger partial charge in [0.25, 0.3) is 0 Å². The number of carbonyl (C=O) groups is 1. The van der Waals surface area contributed by atoms with Gasteiger partial charge in [-0.25, -0.2) is 4.79 Å². The Labute approximate surface area is 108 Å². The second-order valence-corrected chi connectivity index (χ2v) is 6.24. The van der Waals surface area contributed by atoms with Crippen LogP contribution in [0.25, 0.3) is 0 Å². The minimum Gasteiger partial charge on any atom is -0.461 e. The summed E-state index contributed by atoms with van der Waals surface area (Å²) in [6.07, 6.45) is 4.93. The summed E-state index contributed by atoms with van der Waals surface area (Å²) < 4.78 is 7.27. The highest BCUT2D eigenvalue weighted by Gasteiger charge is 2.28. The molecule has 0 unspecified atom stereocenters. The van der Waals surface area contributed by atoms with Gasteiger partial charge in [0.2, 0.25) is 0 Å². The van der Waals surface area contributed by atoms with Crippen molar-refractivity contribution in [3.63, 3.8) is 0 Å². The Kier molecular flexibility index (Phi) is 3.37. The number of aromatic nitrogens is 1. The first-order valence-corrected chi connectivity index (χ1v) is 6.51. The number of esters is 1. The molecule has 4 heteroatoms. The smallest absolute Gasteiger partial charge is 0.355 e. The van der Waals surface area contributed by atoms with Crippen LogP contribution in [0, 0.1) is 5.41 Å². The van der Waals surface area contributed by atoms with Crippen LogP contribution in [0.15, 0.2) is 12.3 Å². The van der Waals surface area contributed by atoms with E-state index in [0.717, 1.165) is 19.3 Å². The van der Waals surface area contributed by atoms with Crippen LogP contribution in [-0.4, -0.2) is 17.1 Å². The fraction of sp³-hybridized carbons (Fsp3) is 0.643. The Hall–Kier alpha value is -1.45. The van der Waals surface area contributed by atoms with E-state index in [9.17, 15) is 4.79 Å². The maximum Gasteiger partial charge on any atom is 0.355 e. The summed E-state index contributed by atoms with van der Waals surface area (Å²) in [6.45, 7) is 6.85. The summed E-state index contributed by atoms with van der Waals surface area (Å²) in [5, 5.41) is 0. The maximum absolute atomic E-state index is 12.0. The normalized spacial score (nSPS) is 15.7. The molecule has 2 rings (SSSR count). The first kappa shape index (κ1) is 13.0. The lowest BCUT2D eigenvalue weighted by molar-refractivity contribution is 0.0452. The Morgan fingerprint density at radius 1 is 1.50 bits per heavy atom. The highest BCUT2D eigenvalue weighted by molar-refractivity contribution is 5.89. The van der Waals surface area contributed by atoms with Crippen molar-refractivity contribution in [2.45, 2.75) is 46.1 Å². The predicted molar refractivity (Wildman–Crippen MR) is 71.5 cm³/mol. The van der Waals surface area contributed by atoms with E-state index in [-0.39, 0.29) is 11.4 Å². The van der Waals surface area contributed by atoms with Crippen LogP contribution in [0.5, 0.6) is 0 Å². The molecule has 1 heterocycles. The minimum atomic E-state index is -0.261. The van der Waals surface area contributed by atoms with Crippen LogP contribution >= 0.6 is 0 Å². The van der Waals surface area contributed by atoms with Crippen molar-refractivity contribution in [2.75, 3.05) is 12.3 Å². The van der Waals surface area contributed by atoms with E-state index in [1.807, 2.05) is 10.8 Å². The third-order valence-corrected chi connectivity index (χ3v) is 3.10. The number of nitrogens with two attached hydrogens (primary N) is 1. The molecule has 0 spiro atoms. The summed E-state index contributed by atoms with van der Waals surface area (Å²) >= 11 is 0. The second-order valence-electron chi connectivity index (χ2n) is 6.24. The zero-order chi connectivity index (χ0) is 13.3. The van der Waals surface area contributed by atoms with Gasteiger partial charge in [-0.1, -0.05) is 20.8 Å². The van der Waals surface area contributed by atoms with E-state index in [1.165, 1.54) is 0 Å². The molecule has 0 amide bonds. The lowest BCUT2D eigenvalue weighted by Crippen LogP contribution is -2.15. The molecular weight excluding hydrogens is 228 g/mol. The van der Waals surface area contributed by atoms with Gasteiger partial charge in [-0.15, -0.1) is 0 Å². The molecule has 1 fully saturated rings. The molecule has 0 bridgehead atoms. The van der Waals surface area contributed by atoms with E-state index in [2.05, 4.69) is 20.8 Å².